The van der Waals surface area contributed by atoms with E-state index < -0.39 is 5.60 Å². The Morgan fingerprint density at radius 1 is 1.59 bits per heavy atom. The molecule has 17 heavy (non-hydrogen) atoms. The minimum absolute atomic E-state index is 0.111. The maximum absolute atomic E-state index is 9.91. The molecule has 0 saturated heterocycles. The maximum Gasteiger partial charge on any atom is 0.0718 e. The predicted octanol–water partition coefficient (Wildman–Crippen LogP) is 0.513. The van der Waals surface area contributed by atoms with Crippen LogP contribution in [0.1, 0.15) is 32.4 Å². The van der Waals surface area contributed by atoms with Crippen molar-refractivity contribution in [1.29, 1.82) is 0 Å². The van der Waals surface area contributed by atoms with Crippen molar-refractivity contribution in [1.82, 2.24) is 14.7 Å². The van der Waals surface area contributed by atoms with Crippen molar-refractivity contribution in [2.75, 3.05) is 19.6 Å². The van der Waals surface area contributed by atoms with Gasteiger partial charge in [-0.25, -0.2) is 0 Å². The van der Waals surface area contributed by atoms with Gasteiger partial charge in [0.1, 0.15) is 0 Å². The molecule has 1 aromatic heterocycles. The van der Waals surface area contributed by atoms with E-state index in [1.807, 2.05) is 33.3 Å². The van der Waals surface area contributed by atoms with Gasteiger partial charge in [-0.15, -0.1) is 0 Å². The van der Waals surface area contributed by atoms with E-state index in [0.29, 0.717) is 13.1 Å². The number of aromatic nitrogens is 2. The molecule has 0 radical (unpaired) electrons. The van der Waals surface area contributed by atoms with Crippen molar-refractivity contribution in [3.05, 3.63) is 18.0 Å². The fourth-order valence-electron chi connectivity index (χ4n) is 2.05. The average molecular weight is 240 g/mol. The van der Waals surface area contributed by atoms with E-state index >= 15 is 0 Å². The molecule has 3 N–H and O–H groups in total. The van der Waals surface area contributed by atoms with Gasteiger partial charge in [0, 0.05) is 31.9 Å². The van der Waals surface area contributed by atoms with Crippen LogP contribution in [0.15, 0.2) is 12.4 Å². The van der Waals surface area contributed by atoms with Crippen LogP contribution in [0.2, 0.25) is 0 Å². The molecular formula is C12H24N4O. The maximum atomic E-state index is 9.91. The molecule has 98 valence electrons. The molecule has 0 aliphatic carbocycles. The summed E-state index contributed by atoms with van der Waals surface area (Å²) in [6.45, 7) is 7.67. The molecule has 0 spiro atoms. The molecule has 1 unspecified atom stereocenters. The topological polar surface area (TPSA) is 67.3 Å². The fraction of sp³-hybridized carbons (Fsp3) is 0.750. The van der Waals surface area contributed by atoms with E-state index in [-0.39, 0.29) is 6.04 Å². The lowest BCUT2D eigenvalue weighted by Crippen LogP contribution is -2.42. The van der Waals surface area contributed by atoms with Crippen LogP contribution in [0.3, 0.4) is 0 Å². The Labute approximate surface area is 103 Å². The standard InChI is InChI=1S/C12H24N4O/c1-5-16(9-12(2,3)17)11(6-13)10-7-14-15(4)8-10/h7-8,11,17H,5-6,9,13H2,1-4H3. The lowest BCUT2D eigenvalue weighted by molar-refractivity contribution is 0.0235. The Morgan fingerprint density at radius 3 is 2.59 bits per heavy atom. The quantitative estimate of drug-likeness (QED) is 0.760. The summed E-state index contributed by atoms with van der Waals surface area (Å²) in [6, 6.07) is 0.111. The van der Waals surface area contributed by atoms with Crippen LogP contribution in [0, 0.1) is 0 Å². The molecule has 0 bridgehead atoms. The second kappa shape index (κ2) is 5.62. The fourth-order valence-corrected chi connectivity index (χ4v) is 2.05. The zero-order valence-electron chi connectivity index (χ0n) is 11.2. The molecule has 5 nitrogen and oxygen atoms in total. The highest BCUT2D eigenvalue weighted by Gasteiger charge is 2.24. The monoisotopic (exact) mass is 240 g/mol. The number of likely N-dealkylation sites (N-methyl/N-ethyl adjacent to an activating group) is 1. The summed E-state index contributed by atoms with van der Waals surface area (Å²) in [7, 11) is 1.89. The van der Waals surface area contributed by atoms with Crippen LogP contribution in [0.5, 0.6) is 0 Å². The van der Waals surface area contributed by atoms with Crippen LogP contribution >= 0.6 is 0 Å². The normalized spacial score (nSPS) is 14.3. The molecule has 0 aliphatic rings. The molecule has 0 aliphatic heterocycles. The first kappa shape index (κ1) is 14.2. The molecule has 5 heteroatoms. The number of rotatable bonds is 6. The van der Waals surface area contributed by atoms with Gasteiger partial charge < -0.3 is 10.8 Å². The summed E-state index contributed by atoms with van der Waals surface area (Å²) in [6.07, 6.45) is 3.81. The first-order chi connectivity index (χ1) is 7.87. The van der Waals surface area contributed by atoms with Gasteiger partial charge >= 0.3 is 0 Å². The second-order valence-electron chi connectivity index (χ2n) is 5.07. The van der Waals surface area contributed by atoms with E-state index in [2.05, 4.69) is 16.9 Å². The Hall–Kier alpha value is -0.910. The van der Waals surface area contributed by atoms with Crippen molar-refractivity contribution >= 4 is 0 Å². The van der Waals surface area contributed by atoms with Gasteiger partial charge in [0.25, 0.3) is 0 Å². The van der Waals surface area contributed by atoms with Crippen molar-refractivity contribution in [2.24, 2.45) is 12.8 Å². The van der Waals surface area contributed by atoms with E-state index in [0.717, 1.165) is 12.1 Å². The van der Waals surface area contributed by atoms with Crippen LogP contribution in [0.4, 0.5) is 0 Å². The molecule has 0 saturated carbocycles. The second-order valence-corrected chi connectivity index (χ2v) is 5.07. The summed E-state index contributed by atoms with van der Waals surface area (Å²) >= 11 is 0. The zero-order valence-corrected chi connectivity index (χ0v) is 11.2. The minimum Gasteiger partial charge on any atom is -0.389 e. The molecular weight excluding hydrogens is 216 g/mol. The van der Waals surface area contributed by atoms with E-state index in [1.54, 1.807) is 4.68 Å². The van der Waals surface area contributed by atoms with Gasteiger partial charge in [-0.2, -0.15) is 5.10 Å². The van der Waals surface area contributed by atoms with Crippen LogP contribution in [0.25, 0.3) is 0 Å². The third-order valence-electron chi connectivity index (χ3n) is 2.77. The predicted molar refractivity (Wildman–Crippen MR) is 68.5 cm³/mol. The SMILES string of the molecule is CCN(CC(C)(C)O)C(CN)c1cnn(C)c1. The van der Waals surface area contributed by atoms with Crippen LogP contribution in [-0.2, 0) is 7.05 Å². The summed E-state index contributed by atoms with van der Waals surface area (Å²) in [5, 5.41) is 14.1. The van der Waals surface area contributed by atoms with E-state index in [4.69, 9.17) is 5.73 Å². The molecule has 1 aromatic rings. The average Bonchev–Trinajstić information content (AvgIpc) is 2.62. The van der Waals surface area contributed by atoms with Gasteiger partial charge in [-0.1, -0.05) is 6.92 Å². The first-order valence-corrected chi connectivity index (χ1v) is 6.02. The molecule has 1 heterocycles. The number of hydrogen-bond donors (Lipinski definition) is 2. The smallest absolute Gasteiger partial charge is 0.0718 e. The minimum atomic E-state index is -0.717. The third kappa shape index (κ3) is 4.11. The lowest BCUT2D eigenvalue weighted by atomic mass is 10.1. The Morgan fingerprint density at radius 2 is 2.24 bits per heavy atom. The molecule has 1 rings (SSSR count). The van der Waals surface area contributed by atoms with E-state index in [9.17, 15) is 5.11 Å². The first-order valence-electron chi connectivity index (χ1n) is 6.02. The zero-order chi connectivity index (χ0) is 13.1. The van der Waals surface area contributed by atoms with Crippen molar-refractivity contribution in [3.8, 4) is 0 Å². The highest BCUT2D eigenvalue weighted by atomic mass is 16.3. The van der Waals surface area contributed by atoms with E-state index in [1.165, 1.54) is 0 Å². The summed E-state index contributed by atoms with van der Waals surface area (Å²) < 4.78 is 1.77. The lowest BCUT2D eigenvalue weighted by Gasteiger charge is -2.33. The van der Waals surface area contributed by atoms with Gasteiger partial charge in [0.15, 0.2) is 0 Å². The summed E-state index contributed by atoms with van der Waals surface area (Å²) in [5.74, 6) is 0. The Balaban J connectivity index is 2.83. The van der Waals surface area contributed by atoms with Gasteiger partial charge in [0.05, 0.1) is 17.8 Å². The molecule has 0 amide bonds. The van der Waals surface area contributed by atoms with Gasteiger partial charge in [-0.3, -0.25) is 9.58 Å². The van der Waals surface area contributed by atoms with Crippen molar-refractivity contribution in [3.63, 3.8) is 0 Å². The van der Waals surface area contributed by atoms with Crippen LogP contribution in [-0.4, -0.2) is 45.0 Å². The highest BCUT2D eigenvalue weighted by molar-refractivity contribution is 5.11. The molecule has 0 aromatic carbocycles. The molecule has 0 fully saturated rings. The largest absolute Gasteiger partial charge is 0.389 e. The third-order valence-corrected chi connectivity index (χ3v) is 2.77. The number of nitrogens with two attached hydrogens (primary N) is 1. The van der Waals surface area contributed by atoms with Crippen LogP contribution < -0.4 is 5.73 Å². The summed E-state index contributed by atoms with van der Waals surface area (Å²) in [4.78, 5) is 2.18. The number of hydrogen-bond acceptors (Lipinski definition) is 4. The summed E-state index contributed by atoms with van der Waals surface area (Å²) in [5.41, 5.74) is 6.23. The van der Waals surface area contributed by atoms with Gasteiger partial charge in [-0.05, 0) is 20.4 Å². The highest BCUT2D eigenvalue weighted by Crippen LogP contribution is 2.20. The molecule has 1 atom stereocenters. The van der Waals surface area contributed by atoms with Crippen molar-refractivity contribution in [2.45, 2.75) is 32.4 Å². The van der Waals surface area contributed by atoms with Crippen molar-refractivity contribution < 1.29 is 5.11 Å². The number of aryl methyl sites for hydroxylation is 1. The number of nitrogens with zero attached hydrogens (tertiary/aromatic N) is 3. The number of aliphatic hydroxyl groups is 1. The Bertz CT molecular complexity index is 343. The van der Waals surface area contributed by atoms with Gasteiger partial charge in [0.2, 0.25) is 0 Å². The Kier molecular flexibility index (Phi) is 4.68.